The lowest BCUT2D eigenvalue weighted by molar-refractivity contribution is 0.215. The van der Waals surface area contributed by atoms with E-state index in [0.29, 0.717) is 23.9 Å². The lowest BCUT2D eigenvalue weighted by Crippen LogP contribution is -2.26. The number of rotatable bonds is 4. The standard InChI is InChI=1S/C16H20N4O3S/c1-11-4-5-15(17-9-11)23-13-6-7-20(10-13)14-8-12(2)18-16(19-14)24(3,21)22/h4-5,8-9,13H,6-7,10H2,1-3H3. The summed E-state index contributed by atoms with van der Waals surface area (Å²) in [4.78, 5) is 14.5. The zero-order valence-corrected chi connectivity index (χ0v) is 14.7. The Morgan fingerprint density at radius 3 is 2.71 bits per heavy atom. The van der Waals surface area contributed by atoms with E-state index >= 15 is 0 Å². The summed E-state index contributed by atoms with van der Waals surface area (Å²) in [5.41, 5.74) is 1.71. The SMILES string of the molecule is Cc1ccc(OC2CCN(c3cc(C)nc(S(C)(=O)=O)n3)C2)nc1. The Morgan fingerprint density at radius 1 is 1.25 bits per heavy atom. The third kappa shape index (κ3) is 3.81. The van der Waals surface area contributed by atoms with Crippen molar-refractivity contribution in [3.05, 3.63) is 35.7 Å². The number of ether oxygens (including phenoxy) is 1. The fourth-order valence-corrected chi connectivity index (χ4v) is 3.15. The van der Waals surface area contributed by atoms with Gasteiger partial charge in [0, 0.05) is 43.2 Å². The second-order valence-corrected chi connectivity index (χ2v) is 7.98. The minimum atomic E-state index is -3.43. The Morgan fingerprint density at radius 2 is 2.04 bits per heavy atom. The Balaban J connectivity index is 1.73. The van der Waals surface area contributed by atoms with E-state index in [9.17, 15) is 8.42 Å². The van der Waals surface area contributed by atoms with Crippen LogP contribution in [0.5, 0.6) is 5.88 Å². The first-order chi connectivity index (χ1) is 11.3. The average molecular weight is 348 g/mol. The van der Waals surface area contributed by atoms with Crippen molar-refractivity contribution in [3.8, 4) is 5.88 Å². The Bertz CT molecular complexity index is 837. The molecular formula is C16H20N4O3S. The fraction of sp³-hybridized carbons (Fsp3) is 0.438. The van der Waals surface area contributed by atoms with Gasteiger partial charge in [0.15, 0.2) is 0 Å². The highest BCUT2D eigenvalue weighted by Crippen LogP contribution is 2.23. The lowest BCUT2D eigenvalue weighted by atomic mass is 10.3. The minimum Gasteiger partial charge on any atom is -0.472 e. The Hall–Kier alpha value is -2.22. The van der Waals surface area contributed by atoms with Crippen LogP contribution in [0.3, 0.4) is 0 Å². The van der Waals surface area contributed by atoms with Crippen molar-refractivity contribution in [3.63, 3.8) is 0 Å². The van der Waals surface area contributed by atoms with Crippen molar-refractivity contribution in [1.82, 2.24) is 15.0 Å². The molecule has 1 aliphatic rings. The first kappa shape index (κ1) is 16.6. The number of aromatic nitrogens is 3. The molecule has 0 aromatic carbocycles. The van der Waals surface area contributed by atoms with E-state index in [-0.39, 0.29) is 11.3 Å². The molecule has 3 heterocycles. The normalized spacial score (nSPS) is 18.0. The van der Waals surface area contributed by atoms with E-state index < -0.39 is 9.84 Å². The fourth-order valence-electron chi connectivity index (χ4n) is 2.58. The summed E-state index contributed by atoms with van der Waals surface area (Å²) in [6, 6.07) is 5.61. The minimum absolute atomic E-state index is 0.00263. The van der Waals surface area contributed by atoms with Crippen LogP contribution in [-0.4, -0.2) is 48.8 Å². The molecule has 2 aromatic rings. The summed E-state index contributed by atoms with van der Waals surface area (Å²) in [6.45, 7) is 5.12. The van der Waals surface area contributed by atoms with Gasteiger partial charge in [0.1, 0.15) is 11.9 Å². The number of anilines is 1. The van der Waals surface area contributed by atoms with Crippen LogP contribution < -0.4 is 9.64 Å². The Labute approximate surface area is 141 Å². The number of aryl methyl sites for hydroxylation is 2. The van der Waals surface area contributed by atoms with E-state index in [0.717, 1.165) is 24.8 Å². The second kappa shape index (κ2) is 6.35. The molecule has 0 aliphatic carbocycles. The molecule has 0 spiro atoms. The molecule has 0 bridgehead atoms. The molecule has 3 rings (SSSR count). The highest BCUT2D eigenvalue weighted by molar-refractivity contribution is 7.90. The van der Waals surface area contributed by atoms with Gasteiger partial charge in [-0.1, -0.05) is 6.07 Å². The van der Waals surface area contributed by atoms with E-state index in [1.807, 2.05) is 24.0 Å². The van der Waals surface area contributed by atoms with Crippen LogP contribution in [-0.2, 0) is 9.84 Å². The van der Waals surface area contributed by atoms with E-state index in [1.54, 1.807) is 19.2 Å². The zero-order chi connectivity index (χ0) is 17.3. The molecule has 1 saturated heterocycles. The highest BCUT2D eigenvalue weighted by atomic mass is 32.2. The van der Waals surface area contributed by atoms with Gasteiger partial charge in [0.2, 0.25) is 20.9 Å². The van der Waals surface area contributed by atoms with Crippen LogP contribution >= 0.6 is 0 Å². The molecule has 1 fully saturated rings. The summed E-state index contributed by atoms with van der Waals surface area (Å²) < 4.78 is 29.3. The summed E-state index contributed by atoms with van der Waals surface area (Å²) in [5, 5.41) is -0.137. The first-order valence-corrected chi connectivity index (χ1v) is 9.60. The summed E-state index contributed by atoms with van der Waals surface area (Å²) in [6.07, 6.45) is 3.71. The average Bonchev–Trinajstić information content (AvgIpc) is 2.97. The van der Waals surface area contributed by atoms with Crippen LogP contribution in [0.2, 0.25) is 0 Å². The van der Waals surface area contributed by atoms with Crippen LogP contribution in [0.25, 0.3) is 0 Å². The molecular weight excluding hydrogens is 328 g/mol. The van der Waals surface area contributed by atoms with Gasteiger partial charge in [-0.3, -0.25) is 0 Å². The van der Waals surface area contributed by atoms with E-state index in [2.05, 4.69) is 15.0 Å². The van der Waals surface area contributed by atoms with Gasteiger partial charge >= 0.3 is 0 Å². The van der Waals surface area contributed by atoms with Crippen molar-refractivity contribution in [1.29, 1.82) is 0 Å². The maximum atomic E-state index is 11.7. The largest absolute Gasteiger partial charge is 0.472 e. The van der Waals surface area contributed by atoms with Gasteiger partial charge < -0.3 is 9.64 Å². The molecule has 0 N–H and O–H groups in total. The van der Waals surface area contributed by atoms with Crippen molar-refractivity contribution in [2.75, 3.05) is 24.2 Å². The molecule has 1 unspecified atom stereocenters. The summed E-state index contributed by atoms with van der Waals surface area (Å²) >= 11 is 0. The predicted molar refractivity (Wildman–Crippen MR) is 90.1 cm³/mol. The summed E-state index contributed by atoms with van der Waals surface area (Å²) in [5.74, 6) is 1.22. The van der Waals surface area contributed by atoms with Crippen LogP contribution in [0, 0.1) is 13.8 Å². The smallest absolute Gasteiger partial charge is 0.248 e. The molecule has 24 heavy (non-hydrogen) atoms. The van der Waals surface area contributed by atoms with Crippen molar-refractivity contribution in [2.45, 2.75) is 31.5 Å². The van der Waals surface area contributed by atoms with Crippen molar-refractivity contribution >= 4 is 15.7 Å². The zero-order valence-electron chi connectivity index (χ0n) is 13.9. The number of nitrogens with zero attached hydrogens (tertiary/aromatic N) is 4. The first-order valence-electron chi connectivity index (χ1n) is 7.71. The van der Waals surface area contributed by atoms with Gasteiger partial charge in [0.05, 0.1) is 6.54 Å². The third-order valence-corrected chi connectivity index (χ3v) is 4.64. The predicted octanol–water partition coefficient (Wildman–Crippen LogP) is 1.55. The number of sulfone groups is 1. The Kier molecular flexibility index (Phi) is 4.40. The molecule has 2 aromatic heterocycles. The number of hydrogen-bond acceptors (Lipinski definition) is 7. The molecule has 1 aliphatic heterocycles. The molecule has 0 amide bonds. The van der Waals surface area contributed by atoms with E-state index in [4.69, 9.17) is 4.74 Å². The van der Waals surface area contributed by atoms with Gasteiger partial charge in [-0.05, 0) is 19.4 Å². The molecule has 7 nitrogen and oxygen atoms in total. The third-order valence-electron chi connectivity index (χ3n) is 3.79. The monoisotopic (exact) mass is 348 g/mol. The van der Waals surface area contributed by atoms with Crippen molar-refractivity contribution < 1.29 is 13.2 Å². The van der Waals surface area contributed by atoms with Gasteiger partial charge in [-0.15, -0.1) is 0 Å². The molecule has 8 heteroatoms. The van der Waals surface area contributed by atoms with Gasteiger partial charge in [-0.25, -0.2) is 23.4 Å². The maximum absolute atomic E-state index is 11.7. The van der Waals surface area contributed by atoms with Gasteiger partial charge in [-0.2, -0.15) is 0 Å². The summed E-state index contributed by atoms with van der Waals surface area (Å²) in [7, 11) is -3.43. The second-order valence-electron chi connectivity index (χ2n) is 6.07. The maximum Gasteiger partial charge on any atom is 0.248 e. The molecule has 128 valence electrons. The van der Waals surface area contributed by atoms with Crippen LogP contribution in [0.15, 0.2) is 29.6 Å². The van der Waals surface area contributed by atoms with Crippen molar-refractivity contribution in [2.24, 2.45) is 0 Å². The van der Waals surface area contributed by atoms with Gasteiger partial charge in [0.25, 0.3) is 0 Å². The molecule has 0 radical (unpaired) electrons. The topological polar surface area (TPSA) is 85.3 Å². The molecule has 1 atom stereocenters. The molecule has 0 saturated carbocycles. The number of pyridine rings is 1. The van der Waals surface area contributed by atoms with E-state index in [1.165, 1.54) is 0 Å². The van der Waals surface area contributed by atoms with Crippen LogP contribution in [0.1, 0.15) is 17.7 Å². The quantitative estimate of drug-likeness (QED) is 0.775. The lowest BCUT2D eigenvalue weighted by Gasteiger charge is -2.18. The van der Waals surface area contributed by atoms with Crippen LogP contribution in [0.4, 0.5) is 5.82 Å². The highest BCUT2D eigenvalue weighted by Gasteiger charge is 2.26. The number of hydrogen-bond donors (Lipinski definition) is 0.